The molecule has 106 valence electrons. The number of carbonyl (C=O) groups is 1. The van der Waals surface area contributed by atoms with Crippen LogP contribution in [0.1, 0.15) is 10.4 Å². The Bertz CT molecular complexity index is 600. The van der Waals surface area contributed by atoms with Crippen LogP contribution in [-0.2, 0) is 10.0 Å². The van der Waals surface area contributed by atoms with E-state index in [2.05, 4.69) is 0 Å². The van der Waals surface area contributed by atoms with E-state index in [0.717, 1.165) is 4.72 Å². The smallest absolute Gasteiger partial charge is 0.496 e. The summed E-state index contributed by atoms with van der Waals surface area (Å²) in [6.45, 7) is 0. The van der Waals surface area contributed by atoms with Crippen molar-refractivity contribution in [2.75, 3.05) is 7.11 Å². The lowest BCUT2D eigenvalue weighted by Gasteiger charge is -2.11. The largest absolute Gasteiger partial charge is 0.516 e. The molecular formula is C9H7F3INO4S. The van der Waals surface area contributed by atoms with E-state index in [4.69, 9.17) is 4.74 Å². The first-order valence-corrected chi connectivity index (χ1v) is 7.11. The van der Waals surface area contributed by atoms with E-state index in [1.807, 2.05) is 22.6 Å². The summed E-state index contributed by atoms with van der Waals surface area (Å²) in [5.74, 6) is -1.44. The highest BCUT2D eigenvalue weighted by Crippen LogP contribution is 2.24. The fourth-order valence-electron chi connectivity index (χ4n) is 1.09. The second-order valence-corrected chi connectivity index (χ2v) is 6.14. The van der Waals surface area contributed by atoms with Crippen LogP contribution in [0.2, 0.25) is 0 Å². The van der Waals surface area contributed by atoms with Crippen LogP contribution >= 0.6 is 22.6 Å². The van der Waals surface area contributed by atoms with Crippen LogP contribution in [0.15, 0.2) is 18.2 Å². The third kappa shape index (κ3) is 3.72. The van der Waals surface area contributed by atoms with Gasteiger partial charge in [0.25, 0.3) is 5.91 Å². The van der Waals surface area contributed by atoms with E-state index in [9.17, 15) is 26.4 Å². The van der Waals surface area contributed by atoms with Gasteiger partial charge in [0.05, 0.1) is 12.7 Å². The number of rotatable bonds is 3. The van der Waals surface area contributed by atoms with Crippen molar-refractivity contribution in [3.63, 3.8) is 0 Å². The molecule has 0 saturated carbocycles. The zero-order chi connectivity index (χ0) is 14.8. The molecule has 0 unspecified atom stereocenters. The van der Waals surface area contributed by atoms with Crippen molar-refractivity contribution in [2.24, 2.45) is 0 Å². The maximum absolute atomic E-state index is 12.1. The van der Waals surface area contributed by atoms with E-state index in [1.54, 1.807) is 0 Å². The summed E-state index contributed by atoms with van der Waals surface area (Å²) in [6, 6.07) is 3.98. The van der Waals surface area contributed by atoms with Crippen molar-refractivity contribution in [3.8, 4) is 5.75 Å². The van der Waals surface area contributed by atoms with Gasteiger partial charge in [0.2, 0.25) is 0 Å². The highest BCUT2D eigenvalue weighted by atomic mass is 127. The topological polar surface area (TPSA) is 72.5 Å². The van der Waals surface area contributed by atoms with Gasteiger partial charge in [-0.1, -0.05) is 0 Å². The van der Waals surface area contributed by atoms with Crippen molar-refractivity contribution < 1.29 is 31.1 Å². The number of nitrogens with one attached hydrogen (secondary N) is 1. The van der Waals surface area contributed by atoms with Crippen molar-refractivity contribution in [3.05, 3.63) is 27.3 Å². The molecule has 19 heavy (non-hydrogen) atoms. The number of amides is 1. The summed E-state index contributed by atoms with van der Waals surface area (Å²) in [6.07, 6.45) is 0. The van der Waals surface area contributed by atoms with Crippen molar-refractivity contribution >= 4 is 38.5 Å². The number of sulfonamides is 1. The monoisotopic (exact) mass is 409 g/mol. The molecule has 0 fully saturated rings. The van der Waals surface area contributed by atoms with E-state index in [0.29, 0.717) is 3.57 Å². The molecule has 0 aliphatic rings. The number of ether oxygens (including phenoxy) is 1. The van der Waals surface area contributed by atoms with Gasteiger partial charge in [0, 0.05) is 3.57 Å². The first-order valence-electron chi connectivity index (χ1n) is 4.55. The average molecular weight is 409 g/mol. The number of hydrogen-bond acceptors (Lipinski definition) is 4. The minimum atomic E-state index is -5.74. The zero-order valence-corrected chi connectivity index (χ0v) is 12.3. The lowest BCUT2D eigenvalue weighted by Crippen LogP contribution is -2.40. The summed E-state index contributed by atoms with van der Waals surface area (Å²) in [7, 11) is -4.53. The molecule has 0 saturated heterocycles. The molecular weight excluding hydrogens is 402 g/mol. The van der Waals surface area contributed by atoms with Crippen LogP contribution < -0.4 is 9.46 Å². The number of hydrogen-bond donors (Lipinski definition) is 1. The number of methoxy groups -OCH3 is 1. The second-order valence-electron chi connectivity index (χ2n) is 3.22. The van der Waals surface area contributed by atoms with Crippen LogP contribution in [0.3, 0.4) is 0 Å². The number of benzene rings is 1. The summed E-state index contributed by atoms with van der Waals surface area (Å²) in [5.41, 5.74) is -5.87. The molecule has 1 amide bonds. The van der Waals surface area contributed by atoms with Gasteiger partial charge in [0.15, 0.2) is 0 Å². The fourth-order valence-corrected chi connectivity index (χ4v) is 2.02. The van der Waals surface area contributed by atoms with Crippen molar-refractivity contribution in [1.29, 1.82) is 0 Å². The maximum Gasteiger partial charge on any atom is 0.516 e. The van der Waals surface area contributed by atoms with Gasteiger partial charge in [-0.25, -0.2) is 4.72 Å². The van der Waals surface area contributed by atoms with Gasteiger partial charge >= 0.3 is 15.5 Å². The van der Waals surface area contributed by atoms with Crippen LogP contribution in [-0.4, -0.2) is 26.9 Å². The Hall–Kier alpha value is -1.04. The van der Waals surface area contributed by atoms with E-state index in [-0.39, 0.29) is 11.3 Å². The van der Waals surface area contributed by atoms with Gasteiger partial charge < -0.3 is 4.74 Å². The molecule has 0 atom stereocenters. The first kappa shape index (κ1) is 16.0. The Kier molecular flexibility index (Phi) is 4.66. The lowest BCUT2D eigenvalue weighted by molar-refractivity contribution is -0.0446. The molecule has 0 radical (unpaired) electrons. The van der Waals surface area contributed by atoms with Crippen LogP contribution in [0.25, 0.3) is 0 Å². The molecule has 0 aliphatic heterocycles. The summed E-state index contributed by atoms with van der Waals surface area (Å²) in [4.78, 5) is 11.5. The van der Waals surface area contributed by atoms with E-state index >= 15 is 0 Å². The van der Waals surface area contributed by atoms with E-state index in [1.165, 1.54) is 25.3 Å². The van der Waals surface area contributed by atoms with Gasteiger partial charge in [0.1, 0.15) is 5.75 Å². The molecule has 0 bridgehead atoms. The Morgan fingerprint density at radius 1 is 1.37 bits per heavy atom. The third-order valence-electron chi connectivity index (χ3n) is 1.94. The molecule has 0 spiro atoms. The van der Waals surface area contributed by atoms with Gasteiger partial charge in [-0.15, -0.1) is 0 Å². The maximum atomic E-state index is 12.1. The zero-order valence-electron chi connectivity index (χ0n) is 9.29. The third-order valence-corrected chi connectivity index (χ3v) is 3.67. The molecule has 1 rings (SSSR count). The molecule has 0 aromatic heterocycles. The van der Waals surface area contributed by atoms with Crippen LogP contribution in [0.5, 0.6) is 5.75 Å². The molecule has 1 N–H and O–H groups in total. The summed E-state index contributed by atoms with van der Waals surface area (Å²) < 4.78 is 64.4. The summed E-state index contributed by atoms with van der Waals surface area (Å²) >= 11 is 1.90. The Morgan fingerprint density at radius 3 is 2.42 bits per heavy atom. The minimum Gasteiger partial charge on any atom is -0.496 e. The molecule has 1 aromatic carbocycles. The number of alkyl halides is 3. The first-order chi connectivity index (χ1) is 8.58. The second kappa shape index (κ2) is 5.53. The van der Waals surface area contributed by atoms with Gasteiger partial charge in [-0.3, -0.25) is 4.79 Å². The normalized spacial score (nSPS) is 12.1. The van der Waals surface area contributed by atoms with Crippen LogP contribution in [0, 0.1) is 3.57 Å². The Labute approximate surface area is 120 Å². The average Bonchev–Trinajstić information content (AvgIpc) is 2.26. The van der Waals surface area contributed by atoms with Crippen LogP contribution in [0.4, 0.5) is 13.2 Å². The van der Waals surface area contributed by atoms with Crippen molar-refractivity contribution in [1.82, 2.24) is 4.72 Å². The minimum absolute atomic E-state index is 0.0261. The number of carbonyl (C=O) groups excluding carboxylic acids is 1. The van der Waals surface area contributed by atoms with Crippen molar-refractivity contribution in [2.45, 2.75) is 5.51 Å². The predicted molar refractivity (Wildman–Crippen MR) is 68.2 cm³/mol. The van der Waals surface area contributed by atoms with E-state index < -0.39 is 21.4 Å². The highest BCUT2D eigenvalue weighted by Gasteiger charge is 2.47. The molecule has 0 heterocycles. The Balaban J connectivity index is 3.10. The highest BCUT2D eigenvalue weighted by molar-refractivity contribution is 14.1. The SMILES string of the molecule is COc1cc(I)ccc1C(=O)NS(=O)(=O)C(F)(F)F. The summed E-state index contributed by atoms with van der Waals surface area (Å²) in [5, 5.41) is 0. The van der Waals surface area contributed by atoms with Gasteiger partial charge in [-0.05, 0) is 40.8 Å². The van der Waals surface area contributed by atoms with Gasteiger partial charge in [-0.2, -0.15) is 21.6 Å². The number of halogens is 4. The quantitative estimate of drug-likeness (QED) is 0.775. The standard InChI is InChI=1S/C9H7F3INO4S/c1-18-7-4-5(13)2-3-6(7)8(15)14-19(16,17)9(10,11)12/h2-4H,1H3,(H,14,15). The Morgan fingerprint density at radius 2 is 1.95 bits per heavy atom. The lowest BCUT2D eigenvalue weighted by atomic mass is 10.2. The molecule has 1 aromatic rings. The predicted octanol–water partition coefficient (Wildman–Crippen LogP) is 1.88. The molecule has 5 nitrogen and oxygen atoms in total. The molecule has 10 heteroatoms. The molecule has 0 aliphatic carbocycles. The fraction of sp³-hybridized carbons (Fsp3) is 0.222.